The van der Waals surface area contributed by atoms with Gasteiger partial charge in [0.2, 0.25) is 5.91 Å². The maximum absolute atomic E-state index is 12.9. The normalized spacial score (nSPS) is 14.2. The molecule has 1 N–H and O–H groups in total. The van der Waals surface area contributed by atoms with Crippen LogP contribution >= 0.6 is 50.3 Å². The second-order valence-electron chi connectivity index (χ2n) is 7.86. The number of amides is 3. The van der Waals surface area contributed by atoms with Crippen LogP contribution in [0.25, 0.3) is 6.08 Å². The van der Waals surface area contributed by atoms with Crippen LogP contribution in [0.2, 0.25) is 0 Å². The lowest BCUT2D eigenvalue weighted by Crippen LogP contribution is -2.36. The van der Waals surface area contributed by atoms with Gasteiger partial charge in [0.25, 0.3) is 11.1 Å². The van der Waals surface area contributed by atoms with Gasteiger partial charge in [0.05, 0.1) is 15.1 Å². The van der Waals surface area contributed by atoms with Gasteiger partial charge in [-0.15, -0.1) is 0 Å². The Labute approximate surface area is 240 Å². The molecule has 1 aliphatic heterocycles. The standard InChI is InChI=1S/C27H22BrIN2O5S/c1-2-35-22-13-18(12-21(29)25(22)36-16-17-6-4-3-5-7-17)14-23-26(33)31(27(34)37-23)15-24(32)30-20-10-8-19(28)9-11-20/h3-14H,2,15-16H2,1H3,(H,30,32)/b23-14+. The minimum atomic E-state index is -0.515. The number of halogens is 2. The summed E-state index contributed by atoms with van der Waals surface area (Å²) in [5, 5.41) is 2.20. The quantitative estimate of drug-likeness (QED) is 0.198. The third kappa shape index (κ3) is 7.14. The van der Waals surface area contributed by atoms with Crippen LogP contribution in [0, 0.1) is 3.57 Å². The fraction of sp³-hybridized carbons (Fsp3) is 0.148. The molecule has 0 spiro atoms. The highest BCUT2D eigenvalue weighted by atomic mass is 127. The Morgan fingerprint density at radius 1 is 1.08 bits per heavy atom. The van der Waals surface area contributed by atoms with Crippen molar-refractivity contribution in [1.82, 2.24) is 4.90 Å². The zero-order valence-electron chi connectivity index (χ0n) is 19.7. The summed E-state index contributed by atoms with van der Waals surface area (Å²) in [6.07, 6.45) is 1.63. The first-order chi connectivity index (χ1) is 17.8. The molecule has 3 amide bonds. The third-order valence-electron chi connectivity index (χ3n) is 5.16. The summed E-state index contributed by atoms with van der Waals surface area (Å²) < 4.78 is 13.5. The molecule has 190 valence electrons. The second kappa shape index (κ2) is 12.6. The highest BCUT2D eigenvalue weighted by Crippen LogP contribution is 2.38. The van der Waals surface area contributed by atoms with Crippen molar-refractivity contribution < 1.29 is 23.9 Å². The number of nitrogens with one attached hydrogen (secondary N) is 1. The lowest BCUT2D eigenvalue weighted by Gasteiger charge is -2.15. The van der Waals surface area contributed by atoms with Crippen LogP contribution < -0.4 is 14.8 Å². The molecule has 1 fully saturated rings. The lowest BCUT2D eigenvalue weighted by atomic mass is 10.1. The van der Waals surface area contributed by atoms with Crippen LogP contribution in [-0.2, 0) is 16.2 Å². The Kier molecular flexibility index (Phi) is 9.28. The summed E-state index contributed by atoms with van der Waals surface area (Å²) in [5.41, 5.74) is 2.29. The number of thioether (sulfide) groups is 1. The Bertz CT molecular complexity index is 1350. The molecule has 10 heteroatoms. The summed E-state index contributed by atoms with van der Waals surface area (Å²) in [6.45, 7) is 2.33. The third-order valence-corrected chi connectivity index (χ3v) is 7.40. The van der Waals surface area contributed by atoms with Crippen LogP contribution in [0.5, 0.6) is 11.5 Å². The number of carbonyl (C=O) groups is 3. The summed E-state index contributed by atoms with van der Waals surface area (Å²) in [6, 6.07) is 20.5. The topological polar surface area (TPSA) is 84.9 Å². The van der Waals surface area contributed by atoms with E-state index in [0.717, 1.165) is 30.3 Å². The number of carbonyl (C=O) groups excluding carboxylic acids is 3. The van der Waals surface area contributed by atoms with E-state index >= 15 is 0 Å². The molecular formula is C27H22BrIN2O5S. The number of hydrogen-bond acceptors (Lipinski definition) is 6. The first kappa shape index (κ1) is 27.2. The molecule has 0 radical (unpaired) electrons. The Balaban J connectivity index is 1.48. The molecule has 4 rings (SSSR count). The number of nitrogens with zero attached hydrogens (tertiary/aromatic N) is 1. The average molecular weight is 693 g/mol. The van der Waals surface area contributed by atoms with Crippen LogP contribution in [0.3, 0.4) is 0 Å². The Hall–Kier alpha value is -2.83. The molecule has 1 aliphatic rings. The van der Waals surface area contributed by atoms with Crippen molar-refractivity contribution in [3.63, 3.8) is 0 Å². The SMILES string of the molecule is CCOc1cc(/C=C2/SC(=O)N(CC(=O)Nc3ccc(Br)cc3)C2=O)cc(I)c1OCc1ccccc1. The van der Waals surface area contributed by atoms with E-state index in [2.05, 4.69) is 43.8 Å². The molecular weight excluding hydrogens is 671 g/mol. The molecule has 0 aromatic heterocycles. The van der Waals surface area contributed by atoms with Crippen LogP contribution in [0.1, 0.15) is 18.1 Å². The second-order valence-corrected chi connectivity index (χ2v) is 10.9. The van der Waals surface area contributed by atoms with Gasteiger partial charge < -0.3 is 14.8 Å². The van der Waals surface area contributed by atoms with E-state index in [-0.39, 0.29) is 11.4 Å². The molecule has 0 atom stereocenters. The smallest absolute Gasteiger partial charge is 0.294 e. The van der Waals surface area contributed by atoms with E-state index in [9.17, 15) is 14.4 Å². The largest absolute Gasteiger partial charge is 0.490 e. The van der Waals surface area contributed by atoms with Gasteiger partial charge in [-0.05, 0) is 94.9 Å². The van der Waals surface area contributed by atoms with Crippen LogP contribution in [-0.4, -0.2) is 35.1 Å². The Morgan fingerprint density at radius 2 is 1.81 bits per heavy atom. The number of ether oxygens (including phenoxy) is 2. The molecule has 0 unspecified atom stereocenters. The summed E-state index contributed by atoms with van der Waals surface area (Å²) >= 11 is 6.30. The molecule has 0 aliphatic carbocycles. The Morgan fingerprint density at radius 3 is 2.51 bits per heavy atom. The lowest BCUT2D eigenvalue weighted by molar-refractivity contribution is -0.127. The van der Waals surface area contributed by atoms with Gasteiger partial charge in [0.15, 0.2) is 11.5 Å². The molecule has 0 saturated carbocycles. The molecule has 37 heavy (non-hydrogen) atoms. The van der Waals surface area contributed by atoms with E-state index in [0.29, 0.717) is 36.0 Å². The van der Waals surface area contributed by atoms with Gasteiger partial charge in [0.1, 0.15) is 13.2 Å². The molecule has 3 aromatic carbocycles. The fourth-order valence-electron chi connectivity index (χ4n) is 3.47. The van der Waals surface area contributed by atoms with E-state index < -0.39 is 17.1 Å². The summed E-state index contributed by atoms with van der Waals surface area (Å²) in [7, 11) is 0. The van der Waals surface area contributed by atoms with Crippen LogP contribution in [0.4, 0.5) is 10.5 Å². The minimum absolute atomic E-state index is 0.234. The van der Waals surface area contributed by atoms with Crippen LogP contribution in [0.15, 0.2) is 76.1 Å². The molecule has 0 bridgehead atoms. The van der Waals surface area contributed by atoms with Gasteiger partial charge in [-0.3, -0.25) is 19.3 Å². The maximum atomic E-state index is 12.9. The van der Waals surface area contributed by atoms with E-state index in [1.807, 2.05) is 43.3 Å². The van der Waals surface area contributed by atoms with Crippen molar-refractivity contribution in [2.24, 2.45) is 0 Å². The van der Waals surface area contributed by atoms with Gasteiger partial charge in [-0.2, -0.15) is 0 Å². The average Bonchev–Trinajstić information content (AvgIpc) is 3.13. The fourth-order valence-corrected chi connectivity index (χ4v) is 5.35. The first-order valence-corrected chi connectivity index (χ1v) is 14.0. The number of hydrogen-bond donors (Lipinski definition) is 1. The number of benzene rings is 3. The monoisotopic (exact) mass is 692 g/mol. The van der Waals surface area contributed by atoms with Crippen molar-refractivity contribution in [2.45, 2.75) is 13.5 Å². The minimum Gasteiger partial charge on any atom is -0.490 e. The highest BCUT2D eigenvalue weighted by molar-refractivity contribution is 14.1. The van der Waals surface area contributed by atoms with Crippen molar-refractivity contribution in [3.8, 4) is 11.5 Å². The number of rotatable bonds is 9. The van der Waals surface area contributed by atoms with Gasteiger partial charge in [-0.25, -0.2) is 0 Å². The van der Waals surface area contributed by atoms with Crippen molar-refractivity contribution in [3.05, 3.63) is 90.8 Å². The first-order valence-electron chi connectivity index (χ1n) is 11.3. The predicted molar refractivity (Wildman–Crippen MR) is 157 cm³/mol. The molecule has 1 saturated heterocycles. The van der Waals surface area contributed by atoms with E-state index in [4.69, 9.17) is 9.47 Å². The van der Waals surface area contributed by atoms with Crippen molar-refractivity contribution in [1.29, 1.82) is 0 Å². The summed E-state index contributed by atoms with van der Waals surface area (Å²) in [4.78, 5) is 39.1. The van der Waals surface area contributed by atoms with Crippen molar-refractivity contribution >= 4 is 79.1 Å². The maximum Gasteiger partial charge on any atom is 0.294 e. The summed E-state index contributed by atoms with van der Waals surface area (Å²) in [5.74, 6) is 0.183. The molecule has 1 heterocycles. The zero-order valence-corrected chi connectivity index (χ0v) is 24.3. The van der Waals surface area contributed by atoms with Gasteiger partial charge in [-0.1, -0.05) is 46.3 Å². The van der Waals surface area contributed by atoms with Gasteiger partial charge >= 0.3 is 0 Å². The number of imide groups is 1. The number of anilines is 1. The van der Waals surface area contributed by atoms with Crippen molar-refractivity contribution in [2.75, 3.05) is 18.5 Å². The molecule has 3 aromatic rings. The van der Waals surface area contributed by atoms with Gasteiger partial charge in [0, 0.05) is 10.2 Å². The van der Waals surface area contributed by atoms with E-state index in [1.54, 1.807) is 36.4 Å². The predicted octanol–water partition coefficient (Wildman–Crippen LogP) is 6.71. The highest BCUT2D eigenvalue weighted by Gasteiger charge is 2.36. The van der Waals surface area contributed by atoms with E-state index in [1.165, 1.54) is 0 Å². The molecule has 7 nitrogen and oxygen atoms in total. The zero-order chi connectivity index (χ0) is 26.4.